The molecule has 0 aromatic heterocycles. The van der Waals surface area contributed by atoms with Crippen LogP contribution in [0.25, 0.3) is 0 Å². The predicted octanol–water partition coefficient (Wildman–Crippen LogP) is 3.69. The molecule has 6 heteroatoms. The molecular formula is C13H16ClNO4. The standard InChI is InChI=1S/C13H16ClNO4/c1-7-5-8(11(16)17)10(6-9(7)14)15-12(18)19-13(2,3)4/h5-6H,1-4H3,(H,15,18)(H,16,17). The molecule has 0 bridgehead atoms. The third kappa shape index (κ3) is 4.44. The van der Waals surface area contributed by atoms with E-state index in [0.29, 0.717) is 10.6 Å². The van der Waals surface area contributed by atoms with E-state index >= 15 is 0 Å². The summed E-state index contributed by atoms with van der Waals surface area (Å²) in [6, 6.07) is 2.79. The molecule has 1 rings (SSSR count). The van der Waals surface area contributed by atoms with Crippen LogP contribution in [-0.4, -0.2) is 22.8 Å². The lowest BCUT2D eigenvalue weighted by molar-refractivity contribution is 0.0636. The molecule has 0 unspecified atom stereocenters. The van der Waals surface area contributed by atoms with Crippen molar-refractivity contribution in [1.29, 1.82) is 0 Å². The van der Waals surface area contributed by atoms with Gasteiger partial charge in [-0.15, -0.1) is 0 Å². The van der Waals surface area contributed by atoms with Gasteiger partial charge in [-0.05, 0) is 45.4 Å². The van der Waals surface area contributed by atoms with Gasteiger partial charge >= 0.3 is 12.1 Å². The third-order valence-electron chi connectivity index (χ3n) is 2.16. The van der Waals surface area contributed by atoms with Crippen LogP contribution in [0.5, 0.6) is 0 Å². The number of carbonyl (C=O) groups excluding carboxylic acids is 1. The molecule has 0 aliphatic carbocycles. The number of aromatic carboxylic acids is 1. The van der Waals surface area contributed by atoms with Crippen LogP contribution in [0.2, 0.25) is 5.02 Å². The number of nitrogens with one attached hydrogen (secondary N) is 1. The van der Waals surface area contributed by atoms with Crippen molar-refractivity contribution in [2.75, 3.05) is 5.32 Å². The van der Waals surface area contributed by atoms with Crippen LogP contribution in [0.4, 0.5) is 10.5 Å². The van der Waals surface area contributed by atoms with Crippen LogP contribution in [0.15, 0.2) is 12.1 Å². The normalized spacial score (nSPS) is 11.0. The maximum Gasteiger partial charge on any atom is 0.412 e. The van der Waals surface area contributed by atoms with E-state index in [1.165, 1.54) is 12.1 Å². The number of benzene rings is 1. The summed E-state index contributed by atoms with van der Waals surface area (Å²) < 4.78 is 5.06. The van der Waals surface area contributed by atoms with Gasteiger partial charge in [0.15, 0.2) is 0 Å². The first-order valence-electron chi connectivity index (χ1n) is 5.63. The first kappa shape index (κ1) is 15.3. The van der Waals surface area contributed by atoms with E-state index < -0.39 is 17.7 Å². The number of carboxylic acids is 1. The number of carbonyl (C=O) groups is 2. The second-order valence-electron chi connectivity index (χ2n) is 5.08. The fraction of sp³-hybridized carbons (Fsp3) is 0.385. The summed E-state index contributed by atoms with van der Waals surface area (Å²) in [4.78, 5) is 22.7. The maximum atomic E-state index is 11.6. The van der Waals surface area contributed by atoms with Gasteiger partial charge in [-0.3, -0.25) is 5.32 Å². The Morgan fingerprint density at radius 3 is 2.37 bits per heavy atom. The highest BCUT2D eigenvalue weighted by atomic mass is 35.5. The molecule has 0 radical (unpaired) electrons. The topological polar surface area (TPSA) is 75.6 Å². The van der Waals surface area contributed by atoms with Gasteiger partial charge in [-0.1, -0.05) is 11.6 Å². The second kappa shape index (κ2) is 5.48. The summed E-state index contributed by atoms with van der Waals surface area (Å²) in [6.07, 6.45) is -0.727. The van der Waals surface area contributed by atoms with Crippen LogP contribution in [0, 0.1) is 6.92 Å². The molecule has 1 aromatic rings. The molecular weight excluding hydrogens is 270 g/mol. The Morgan fingerprint density at radius 2 is 1.89 bits per heavy atom. The Kier molecular flexibility index (Phi) is 4.42. The van der Waals surface area contributed by atoms with Crippen molar-refractivity contribution >= 4 is 29.4 Å². The minimum Gasteiger partial charge on any atom is -0.478 e. The van der Waals surface area contributed by atoms with Crippen molar-refractivity contribution in [2.24, 2.45) is 0 Å². The SMILES string of the molecule is Cc1cc(C(=O)O)c(NC(=O)OC(C)(C)C)cc1Cl. The Morgan fingerprint density at radius 1 is 1.32 bits per heavy atom. The van der Waals surface area contributed by atoms with Crippen LogP contribution in [-0.2, 0) is 4.74 Å². The van der Waals surface area contributed by atoms with Crippen LogP contribution in [0.3, 0.4) is 0 Å². The number of rotatable bonds is 2. The average Bonchev–Trinajstić information content (AvgIpc) is 2.19. The quantitative estimate of drug-likeness (QED) is 0.869. The molecule has 5 nitrogen and oxygen atoms in total. The molecule has 0 saturated carbocycles. The van der Waals surface area contributed by atoms with Gasteiger partial charge in [0.05, 0.1) is 11.3 Å². The molecule has 0 fully saturated rings. The molecule has 1 aromatic carbocycles. The predicted molar refractivity (Wildman–Crippen MR) is 73.0 cm³/mol. The number of amides is 1. The number of hydrogen-bond acceptors (Lipinski definition) is 3. The summed E-state index contributed by atoms with van der Waals surface area (Å²) in [7, 11) is 0. The van der Waals surface area contributed by atoms with Gasteiger partial charge in [0.1, 0.15) is 5.60 Å². The molecule has 0 heterocycles. The first-order valence-corrected chi connectivity index (χ1v) is 6.01. The Hall–Kier alpha value is -1.75. The Labute approximate surface area is 116 Å². The number of halogens is 1. The highest BCUT2D eigenvalue weighted by Crippen LogP contribution is 2.25. The van der Waals surface area contributed by atoms with Crippen LogP contribution >= 0.6 is 11.6 Å². The van der Waals surface area contributed by atoms with Crippen LogP contribution < -0.4 is 5.32 Å². The zero-order chi connectivity index (χ0) is 14.8. The summed E-state index contributed by atoms with van der Waals surface area (Å²) in [5.74, 6) is -1.15. The minimum absolute atomic E-state index is 0.0345. The molecule has 0 saturated heterocycles. The van der Waals surface area contributed by atoms with E-state index in [-0.39, 0.29) is 11.3 Å². The number of hydrogen-bond donors (Lipinski definition) is 2. The van der Waals surface area contributed by atoms with Gasteiger partial charge < -0.3 is 9.84 Å². The highest BCUT2D eigenvalue weighted by Gasteiger charge is 2.19. The third-order valence-corrected chi connectivity index (χ3v) is 2.57. The van der Waals surface area contributed by atoms with Gasteiger partial charge in [-0.25, -0.2) is 9.59 Å². The number of anilines is 1. The van der Waals surface area contributed by atoms with Crippen molar-refractivity contribution in [3.63, 3.8) is 0 Å². The van der Waals surface area contributed by atoms with Gasteiger partial charge in [0.2, 0.25) is 0 Å². The Bertz CT molecular complexity index is 520. The average molecular weight is 286 g/mol. The van der Waals surface area contributed by atoms with E-state index in [2.05, 4.69) is 5.32 Å². The smallest absolute Gasteiger partial charge is 0.412 e. The van der Waals surface area contributed by atoms with Crippen molar-refractivity contribution in [3.8, 4) is 0 Å². The molecule has 2 N–H and O–H groups in total. The van der Waals surface area contributed by atoms with E-state index in [4.69, 9.17) is 21.4 Å². The van der Waals surface area contributed by atoms with E-state index in [0.717, 1.165) is 0 Å². The van der Waals surface area contributed by atoms with Crippen molar-refractivity contribution in [3.05, 3.63) is 28.3 Å². The summed E-state index contributed by atoms with van der Waals surface area (Å²) in [5.41, 5.74) is 0.0287. The minimum atomic E-state index is -1.15. The van der Waals surface area contributed by atoms with Crippen molar-refractivity contribution in [1.82, 2.24) is 0 Å². The lowest BCUT2D eigenvalue weighted by Crippen LogP contribution is -2.27. The molecule has 0 spiro atoms. The van der Waals surface area contributed by atoms with E-state index in [1.807, 2.05) is 0 Å². The second-order valence-corrected chi connectivity index (χ2v) is 5.49. The van der Waals surface area contributed by atoms with E-state index in [9.17, 15) is 9.59 Å². The van der Waals surface area contributed by atoms with Crippen molar-refractivity contribution < 1.29 is 19.4 Å². The highest BCUT2D eigenvalue weighted by molar-refractivity contribution is 6.32. The number of aryl methyl sites for hydroxylation is 1. The molecule has 0 aliphatic rings. The van der Waals surface area contributed by atoms with Gasteiger partial charge in [-0.2, -0.15) is 0 Å². The fourth-order valence-electron chi connectivity index (χ4n) is 1.38. The van der Waals surface area contributed by atoms with Crippen LogP contribution in [0.1, 0.15) is 36.7 Å². The zero-order valence-corrected chi connectivity index (χ0v) is 12.0. The molecule has 104 valence electrons. The largest absolute Gasteiger partial charge is 0.478 e. The lowest BCUT2D eigenvalue weighted by atomic mass is 10.1. The maximum absolute atomic E-state index is 11.6. The molecule has 19 heavy (non-hydrogen) atoms. The lowest BCUT2D eigenvalue weighted by Gasteiger charge is -2.20. The summed E-state index contributed by atoms with van der Waals surface area (Å²) >= 11 is 5.92. The van der Waals surface area contributed by atoms with Crippen molar-refractivity contribution in [2.45, 2.75) is 33.3 Å². The molecule has 1 amide bonds. The van der Waals surface area contributed by atoms with Gasteiger partial charge in [0.25, 0.3) is 0 Å². The Balaban J connectivity index is 3.03. The summed E-state index contributed by atoms with van der Waals surface area (Å²) in [6.45, 7) is 6.83. The molecule has 0 atom stereocenters. The molecule has 0 aliphatic heterocycles. The van der Waals surface area contributed by atoms with E-state index in [1.54, 1.807) is 27.7 Å². The number of carboxylic acid groups (broad SMARTS) is 1. The first-order chi connectivity index (χ1) is 8.60. The van der Waals surface area contributed by atoms with Gasteiger partial charge in [0, 0.05) is 5.02 Å². The number of ether oxygens (including phenoxy) is 1. The monoisotopic (exact) mass is 285 g/mol. The summed E-state index contributed by atoms with van der Waals surface area (Å²) in [5, 5.41) is 11.9. The zero-order valence-electron chi connectivity index (χ0n) is 11.2. The fourth-order valence-corrected chi connectivity index (χ4v) is 1.54.